The van der Waals surface area contributed by atoms with Crippen LogP contribution in [0, 0.1) is 0 Å². The minimum atomic E-state index is -4.38. The van der Waals surface area contributed by atoms with E-state index >= 15 is 0 Å². The van der Waals surface area contributed by atoms with Crippen molar-refractivity contribution in [2.75, 3.05) is 6.54 Å². The molecule has 2 rings (SSSR count). The topological polar surface area (TPSA) is 12.0 Å². The van der Waals surface area contributed by atoms with E-state index in [0.717, 1.165) is 25.5 Å². The van der Waals surface area contributed by atoms with Crippen LogP contribution in [0.2, 0.25) is 5.02 Å². The molecule has 1 unspecified atom stereocenters. The second-order valence-corrected chi connectivity index (χ2v) is 4.29. The van der Waals surface area contributed by atoms with Gasteiger partial charge >= 0.3 is 6.18 Å². The highest BCUT2D eigenvalue weighted by molar-refractivity contribution is 6.31. The first-order valence-corrected chi connectivity index (χ1v) is 5.46. The smallest absolute Gasteiger partial charge is 0.310 e. The maximum absolute atomic E-state index is 12.6. The van der Waals surface area contributed by atoms with Gasteiger partial charge in [-0.15, -0.1) is 0 Å². The average Bonchev–Trinajstić information content (AvgIpc) is 2.69. The van der Waals surface area contributed by atoms with Crippen molar-refractivity contribution in [3.63, 3.8) is 0 Å². The number of rotatable bonds is 1. The Kier molecular flexibility index (Phi) is 3.13. The van der Waals surface area contributed by atoms with Gasteiger partial charge in [0.05, 0.1) is 10.6 Å². The summed E-state index contributed by atoms with van der Waals surface area (Å²) in [4.78, 5) is 0. The highest BCUT2D eigenvalue weighted by Crippen LogP contribution is 2.37. The highest BCUT2D eigenvalue weighted by Gasteiger charge is 2.34. The van der Waals surface area contributed by atoms with Crippen LogP contribution in [0.25, 0.3) is 0 Å². The fraction of sp³-hybridized carbons (Fsp3) is 0.455. The van der Waals surface area contributed by atoms with Crippen LogP contribution in [0.4, 0.5) is 13.2 Å². The van der Waals surface area contributed by atoms with E-state index < -0.39 is 11.7 Å². The molecule has 88 valence electrons. The summed E-state index contributed by atoms with van der Waals surface area (Å²) in [5.74, 6) is 0. The number of nitrogens with one attached hydrogen (secondary N) is 1. The molecule has 1 aliphatic heterocycles. The van der Waals surface area contributed by atoms with Gasteiger partial charge in [-0.1, -0.05) is 17.7 Å². The lowest BCUT2D eigenvalue weighted by molar-refractivity contribution is -0.137. The van der Waals surface area contributed by atoms with Gasteiger partial charge in [0.2, 0.25) is 0 Å². The van der Waals surface area contributed by atoms with Gasteiger partial charge in [-0.3, -0.25) is 0 Å². The molecule has 1 heterocycles. The predicted molar refractivity (Wildman–Crippen MR) is 56.4 cm³/mol. The number of hydrogen-bond donors (Lipinski definition) is 1. The SMILES string of the molecule is FC(F)(F)c1cc(C2CCCN2)ccc1Cl. The van der Waals surface area contributed by atoms with Crippen molar-refractivity contribution in [3.05, 3.63) is 34.3 Å². The van der Waals surface area contributed by atoms with E-state index in [2.05, 4.69) is 5.32 Å². The van der Waals surface area contributed by atoms with Gasteiger partial charge in [-0.25, -0.2) is 0 Å². The molecule has 0 bridgehead atoms. The molecule has 16 heavy (non-hydrogen) atoms. The number of halogens is 4. The van der Waals surface area contributed by atoms with Crippen molar-refractivity contribution in [3.8, 4) is 0 Å². The predicted octanol–water partition coefficient (Wildman–Crippen LogP) is 3.78. The molecule has 1 atom stereocenters. The Morgan fingerprint density at radius 1 is 1.31 bits per heavy atom. The molecule has 1 N–H and O–H groups in total. The largest absolute Gasteiger partial charge is 0.417 e. The summed E-state index contributed by atoms with van der Waals surface area (Å²) >= 11 is 5.55. The van der Waals surface area contributed by atoms with Gasteiger partial charge < -0.3 is 5.32 Å². The second kappa shape index (κ2) is 4.26. The molecule has 1 aromatic rings. The normalized spacial score (nSPS) is 21.4. The Balaban J connectivity index is 2.35. The monoisotopic (exact) mass is 249 g/mol. The molecule has 1 fully saturated rings. The average molecular weight is 250 g/mol. The lowest BCUT2D eigenvalue weighted by atomic mass is 10.0. The minimum Gasteiger partial charge on any atom is -0.310 e. The van der Waals surface area contributed by atoms with Crippen molar-refractivity contribution in [2.45, 2.75) is 25.1 Å². The standard InChI is InChI=1S/C11H11ClF3N/c12-9-4-3-7(10-2-1-5-16-10)6-8(9)11(13,14)15/h3-4,6,10,16H,1-2,5H2. The molecular formula is C11H11ClF3N. The Bertz CT molecular complexity index is 383. The second-order valence-electron chi connectivity index (χ2n) is 3.89. The maximum atomic E-state index is 12.6. The van der Waals surface area contributed by atoms with Crippen molar-refractivity contribution in [1.82, 2.24) is 5.32 Å². The molecule has 1 aliphatic rings. The first-order chi connectivity index (χ1) is 7.48. The fourth-order valence-corrected chi connectivity index (χ4v) is 2.17. The molecule has 0 saturated carbocycles. The number of benzene rings is 1. The summed E-state index contributed by atoms with van der Waals surface area (Å²) in [7, 11) is 0. The van der Waals surface area contributed by atoms with Crippen LogP contribution in [0.1, 0.15) is 30.0 Å². The van der Waals surface area contributed by atoms with Gasteiger partial charge in [-0.05, 0) is 37.1 Å². The van der Waals surface area contributed by atoms with E-state index in [1.54, 1.807) is 6.07 Å². The third kappa shape index (κ3) is 2.33. The van der Waals surface area contributed by atoms with E-state index in [1.165, 1.54) is 6.07 Å². The molecule has 1 saturated heterocycles. The van der Waals surface area contributed by atoms with Gasteiger partial charge in [0.15, 0.2) is 0 Å². The van der Waals surface area contributed by atoms with Crippen LogP contribution in [-0.2, 0) is 6.18 Å². The third-order valence-corrected chi connectivity index (χ3v) is 3.09. The lowest BCUT2D eigenvalue weighted by Crippen LogP contribution is -2.14. The molecular weight excluding hydrogens is 239 g/mol. The molecule has 1 nitrogen and oxygen atoms in total. The zero-order valence-electron chi connectivity index (χ0n) is 8.44. The van der Waals surface area contributed by atoms with Crippen LogP contribution in [0.15, 0.2) is 18.2 Å². The molecule has 0 aliphatic carbocycles. The summed E-state index contributed by atoms with van der Waals surface area (Å²) in [5, 5.41) is 2.92. The summed E-state index contributed by atoms with van der Waals surface area (Å²) < 4.78 is 37.8. The van der Waals surface area contributed by atoms with Crippen LogP contribution < -0.4 is 5.32 Å². The Labute approximate surface area is 96.6 Å². The van der Waals surface area contributed by atoms with Crippen LogP contribution in [0.3, 0.4) is 0 Å². The molecule has 0 radical (unpaired) electrons. The van der Waals surface area contributed by atoms with Crippen LogP contribution in [-0.4, -0.2) is 6.54 Å². The summed E-state index contributed by atoms with van der Waals surface area (Å²) in [6.45, 7) is 0.856. The highest BCUT2D eigenvalue weighted by atomic mass is 35.5. The molecule has 5 heteroatoms. The zero-order chi connectivity index (χ0) is 11.8. The molecule has 0 amide bonds. The van der Waals surface area contributed by atoms with Crippen molar-refractivity contribution in [1.29, 1.82) is 0 Å². The summed E-state index contributed by atoms with van der Waals surface area (Å²) in [6, 6.07) is 4.14. The fourth-order valence-electron chi connectivity index (χ4n) is 1.95. The van der Waals surface area contributed by atoms with Gasteiger partial charge in [0, 0.05) is 6.04 Å². The van der Waals surface area contributed by atoms with E-state index in [0.29, 0.717) is 5.56 Å². The first-order valence-electron chi connectivity index (χ1n) is 5.08. The van der Waals surface area contributed by atoms with Crippen molar-refractivity contribution >= 4 is 11.6 Å². The molecule has 0 aromatic heterocycles. The zero-order valence-corrected chi connectivity index (χ0v) is 9.20. The van der Waals surface area contributed by atoms with E-state index in [4.69, 9.17) is 11.6 Å². The van der Waals surface area contributed by atoms with E-state index in [-0.39, 0.29) is 11.1 Å². The van der Waals surface area contributed by atoms with Gasteiger partial charge in [0.1, 0.15) is 0 Å². The molecule has 0 spiro atoms. The molecule has 1 aromatic carbocycles. The van der Waals surface area contributed by atoms with Gasteiger partial charge in [0.25, 0.3) is 0 Å². The first kappa shape index (κ1) is 11.7. The Morgan fingerprint density at radius 3 is 2.62 bits per heavy atom. The number of alkyl halides is 3. The summed E-state index contributed by atoms with van der Waals surface area (Å²) in [5.41, 5.74) is -0.0883. The van der Waals surface area contributed by atoms with Crippen LogP contribution >= 0.6 is 11.6 Å². The van der Waals surface area contributed by atoms with E-state index in [9.17, 15) is 13.2 Å². The van der Waals surface area contributed by atoms with Crippen molar-refractivity contribution in [2.24, 2.45) is 0 Å². The van der Waals surface area contributed by atoms with Crippen LogP contribution in [0.5, 0.6) is 0 Å². The Hall–Kier alpha value is -0.740. The number of hydrogen-bond acceptors (Lipinski definition) is 1. The minimum absolute atomic E-state index is 0.0263. The maximum Gasteiger partial charge on any atom is 0.417 e. The van der Waals surface area contributed by atoms with Gasteiger partial charge in [-0.2, -0.15) is 13.2 Å². The third-order valence-electron chi connectivity index (χ3n) is 2.76. The van der Waals surface area contributed by atoms with E-state index in [1.807, 2.05) is 0 Å². The Morgan fingerprint density at radius 2 is 2.06 bits per heavy atom. The van der Waals surface area contributed by atoms with Crippen molar-refractivity contribution < 1.29 is 13.2 Å². The summed E-state index contributed by atoms with van der Waals surface area (Å²) in [6.07, 6.45) is -2.51. The quantitative estimate of drug-likeness (QED) is 0.799. The lowest BCUT2D eigenvalue weighted by Gasteiger charge is -2.14.